The van der Waals surface area contributed by atoms with Crippen LogP contribution in [0.5, 0.6) is 0 Å². The number of aromatic nitrogens is 1. The Hall–Kier alpha value is -2.10. The summed E-state index contributed by atoms with van der Waals surface area (Å²) in [7, 11) is 1.99. The van der Waals surface area contributed by atoms with E-state index < -0.39 is 0 Å². The molecule has 0 unspecified atom stereocenters. The van der Waals surface area contributed by atoms with Gasteiger partial charge < -0.3 is 9.64 Å². The molecule has 4 nitrogen and oxygen atoms in total. The molecule has 0 atom stereocenters. The minimum Gasteiger partial charge on any atom is -0.462 e. The molecule has 0 radical (unpaired) electrons. The van der Waals surface area contributed by atoms with E-state index in [9.17, 15) is 4.79 Å². The van der Waals surface area contributed by atoms with Crippen LogP contribution >= 0.6 is 0 Å². The van der Waals surface area contributed by atoms with Crippen molar-refractivity contribution < 1.29 is 9.53 Å². The number of hydrogen-bond acceptors (Lipinski definition) is 4. The van der Waals surface area contributed by atoms with Crippen molar-refractivity contribution in [1.29, 1.82) is 0 Å². The molecule has 1 aromatic heterocycles. The number of pyridine rings is 1. The second kappa shape index (κ2) is 6.37. The van der Waals surface area contributed by atoms with Crippen molar-refractivity contribution in [2.24, 2.45) is 0 Å². The lowest BCUT2D eigenvalue weighted by Gasteiger charge is -2.22. The Morgan fingerprint density at radius 1 is 1.30 bits per heavy atom. The van der Waals surface area contributed by atoms with Gasteiger partial charge in [-0.25, -0.2) is 4.79 Å². The smallest absolute Gasteiger partial charge is 0.341 e. The SMILES string of the molecule is CCCN(C)c1c(C(=O)OCC)cnc2ccccc12. The van der Waals surface area contributed by atoms with Crippen LogP contribution in [0.4, 0.5) is 5.69 Å². The number of rotatable bonds is 5. The summed E-state index contributed by atoms with van der Waals surface area (Å²) < 4.78 is 5.14. The first-order valence-electron chi connectivity index (χ1n) is 6.95. The molecule has 1 heterocycles. The number of carbonyl (C=O) groups is 1. The standard InChI is InChI=1S/C16H20N2O2/c1-4-10-18(3)15-12-8-6-7-9-14(12)17-11-13(15)16(19)20-5-2/h6-9,11H,4-5,10H2,1-3H3. The van der Waals surface area contributed by atoms with Gasteiger partial charge in [0.2, 0.25) is 0 Å². The average Bonchev–Trinajstić information content (AvgIpc) is 2.46. The molecule has 106 valence electrons. The lowest BCUT2D eigenvalue weighted by atomic mass is 10.1. The predicted molar refractivity (Wildman–Crippen MR) is 81.3 cm³/mol. The van der Waals surface area contributed by atoms with E-state index in [0.717, 1.165) is 29.6 Å². The molecule has 0 fully saturated rings. The van der Waals surface area contributed by atoms with Gasteiger partial charge in [0.05, 0.1) is 17.8 Å². The summed E-state index contributed by atoms with van der Waals surface area (Å²) >= 11 is 0. The summed E-state index contributed by atoms with van der Waals surface area (Å²) in [6.45, 7) is 5.16. The first kappa shape index (κ1) is 14.3. The number of carbonyl (C=O) groups excluding carboxylic acids is 1. The fourth-order valence-corrected chi connectivity index (χ4v) is 2.34. The fourth-order valence-electron chi connectivity index (χ4n) is 2.34. The zero-order valence-electron chi connectivity index (χ0n) is 12.2. The Morgan fingerprint density at radius 2 is 2.05 bits per heavy atom. The minimum absolute atomic E-state index is 0.316. The van der Waals surface area contributed by atoms with Crippen molar-refractivity contribution in [3.8, 4) is 0 Å². The highest BCUT2D eigenvalue weighted by atomic mass is 16.5. The van der Waals surface area contributed by atoms with Gasteiger partial charge >= 0.3 is 5.97 Å². The van der Waals surface area contributed by atoms with Crippen LogP contribution in [-0.2, 0) is 4.74 Å². The van der Waals surface area contributed by atoms with E-state index in [-0.39, 0.29) is 5.97 Å². The van der Waals surface area contributed by atoms with E-state index in [1.807, 2.05) is 38.2 Å². The van der Waals surface area contributed by atoms with Crippen molar-refractivity contribution in [2.75, 3.05) is 25.1 Å². The maximum Gasteiger partial charge on any atom is 0.341 e. The zero-order valence-corrected chi connectivity index (χ0v) is 12.2. The fraction of sp³-hybridized carbons (Fsp3) is 0.375. The molecule has 1 aromatic carbocycles. The van der Waals surface area contributed by atoms with Crippen LogP contribution in [0.2, 0.25) is 0 Å². The maximum atomic E-state index is 12.1. The van der Waals surface area contributed by atoms with Crippen molar-refractivity contribution in [3.63, 3.8) is 0 Å². The van der Waals surface area contributed by atoms with Gasteiger partial charge in [0, 0.05) is 25.2 Å². The van der Waals surface area contributed by atoms with Gasteiger partial charge in [0.1, 0.15) is 5.56 Å². The molecule has 0 spiro atoms. The molecule has 20 heavy (non-hydrogen) atoms. The van der Waals surface area contributed by atoms with Crippen molar-refractivity contribution >= 4 is 22.6 Å². The van der Waals surface area contributed by atoms with Crippen molar-refractivity contribution in [1.82, 2.24) is 4.98 Å². The van der Waals surface area contributed by atoms with Crippen LogP contribution < -0.4 is 4.90 Å². The second-order valence-corrected chi connectivity index (χ2v) is 4.68. The molecule has 0 aliphatic rings. The van der Waals surface area contributed by atoms with E-state index >= 15 is 0 Å². The van der Waals surface area contributed by atoms with Gasteiger partial charge in [0.25, 0.3) is 0 Å². The second-order valence-electron chi connectivity index (χ2n) is 4.68. The summed E-state index contributed by atoms with van der Waals surface area (Å²) in [6, 6.07) is 7.85. The molecule has 0 saturated heterocycles. The molecule has 0 bridgehead atoms. The number of hydrogen-bond donors (Lipinski definition) is 0. The molecule has 0 aliphatic carbocycles. The summed E-state index contributed by atoms with van der Waals surface area (Å²) in [4.78, 5) is 18.6. The molecule has 4 heteroatoms. The predicted octanol–water partition coefficient (Wildman–Crippen LogP) is 3.26. The van der Waals surface area contributed by atoms with Crippen LogP contribution in [0.1, 0.15) is 30.6 Å². The Kier molecular flexibility index (Phi) is 4.56. The normalized spacial score (nSPS) is 10.6. The molecule has 0 amide bonds. The summed E-state index contributed by atoms with van der Waals surface area (Å²) in [5.74, 6) is -0.316. The quantitative estimate of drug-likeness (QED) is 0.783. The number of ether oxygens (including phenoxy) is 1. The van der Waals surface area contributed by atoms with Crippen LogP contribution in [0, 0.1) is 0 Å². The monoisotopic (exact) mass is 272 g/mol. The van der Waals surface area contributed by atoms with Crippen LogP contribution in [0.15, 0.2) is 30.5 Å². The first-order valence-corrected chi connectivity index (χ1v) is 6.95. The lowest BCUT2D eigenvalue weighted by Crippen LogP contribution is -2.22. The molecule has 0 aliphatic heterocycles. The Morgan fingerprint density at radius 3 is 2.75 bits per heavy atom. The molecule has 2 aromatic rings. The highest BCUT2D eigenvalue weighted by Crippen LogP contribution is 2.29. The third kappa shape index (κ3) is 2.74. The minimum atomic E-state index is -0.316. The number of para-hydroxylation sites is 1. The molecule has 0 saturated carbocycles. The van der Waals surface area contributed by atoms with E-state index in [1.165, 1.54) is 0 Å². The average molecular weight is 272 g/mol. The van der Waals surface area contributed by atoms with E-state index in [0.29, 0.717) is 12.2 Å². The Bertz CT molecular complexity index is 610. The van der Waals surface area contributed by atoms with Crippen LogP contribution in [0.25, 0.3) is 10.9 Å². The largest absolute Gasteiger partial charge is 0.462 e. The lowest BCUT2D eigenvalue weighted by molar-refractivity contribution is 0.0527. The summed E-state index contributed by atoms with van der Waals surface area (Å²) in [5.41, 5.74) is 2.32. The van der Waals surface area contributed by atoms with E-state index in [4.69, 9.17) is 4.74 Å². The van der Waals surface area contributed by atoms with E-state index in [2.05, 4.69) is 16.8 Å². The number of esters is 1. The van der Waals surface area contributed by atoms with Gasteiger partial charge in [-0.05, 0) is 19.4 Å². The van der Waals surface area contributed by atoms with Crippen LogP contribution in [-0.4, -0.2) is 31.2 Å². The maximum absolute atomic E-state index is 12.1. The number of fused-ring (bicyclic) bond motifs is 1. The molecule has 0 N–H and O–H groups in total. The number of benzene rings is 1. The third-order valence-electron chi connectivity index (χ3n) is 3.18. The highest BCUT2D eigenvalue weighted by molar-refractivity contribution is 6.05. The third-order valence-corrected chi connectivity index (χ3v) is 3.18. The van der Waals surface area contributed by atoms with Gasteiger partial charge in [-0.2, -0.15) is 0 Å². The van der Waals surface area contributed by atoms with Crippen LogP contribution in [0.3, 0.4) is 0 Å². The number of anilines is 1. The zero-order chi connectivity index (χ0) is 14.5. The van der Waals surface area contributed by atoms with E-state index in [1.54, 1.807) is 6.20 Å². The number of nitrogens with zero attached hydrogens (tertiary/aromatic N) is 2. The highest BCUT2D eigenvalue weighted by Gasteiger charge is 2.18. The van der Waals surface area contributed by atoms with Gasteiger partial charge in [-0.1, -0.05) is 25.1 Å². The molecular formula is C16H20N2O2. The van der Waals surface area contributed by atoms with Gasteiger partial charge in [-0.15, -0.1) is 0 Å². The topological polar surface area (TPSA) is 42.4 Å². The molecule has 2 rings (SSSR count). The summed E-state index contributed by atoms with van der Waals surface area (Å²) in [6.07, 6.45) is 2.62. The Labute approximate surface area is 119 Å². The first-order chi connectivity index (χ1) is 9.69. The summed E-state index contributed by atoms with van der Waals surface area (Å²) in [5, 5.41) is 0.981. The Balaban J connectivity index is 2.61. The molecular weight excluding hydrogens is 252 g/mol. The van der Waals surface area contributed by atoms with Crippen molar-refractivity contribution in [3.05, 3.63) is 36.0 Å². The van der Waals surface area contributed by atoms with Gasteiger partial charge in [0.15, 0.2) is 0 Å². The van der Waals surface area contributed by atoms with Crippen molar-refractivity contribution in [2.45, 2.75) is 20.3 Å². The van der Waals surface area contributed by atoms with Gasteiger partial charge in [-0.3, -0.25) is 4.98 Å².